The van der Waals surface area contributed by atoms with Crippen molar-refractivity contribution in [1.82, 2.24) is 14.8 Å². The lowest BCUT2D eigenvalue weighted by Crippen LogP contribution is -2.76. The van der Waals surface area contributed by atoms with E-state index >= 15 is 4.79 Å². The second kappa shape index (κ2) is 13.4. The monoisotopic (exact) mass is 795 g/mol. The minimum atomic E-state index is -2.21. The van der Waals surface area contributed by atoms with Crippen LogP contribution in [0.5, 0.6) is 5.75 Å². The van der Waals surface area contributed by atoms with Crippen LogP contribution in [0.15, 0.2) is 48.6 Å². The number of ether oxygens (including phenoxy) is 4. The van der Waals surface area contributed by atoms with Crippen LogP contribution in [0, 0.1) is 17.3 Å². The number of fused-ring (bicyclic) bond motifs is 6. The van der Waals surface area contributed by atoms with Gasteiger partial charge in [0.25, 0.3) is 5.79 Å². The van der Waals surface area contributed by atoms with E-state index in [4.69, 9.17) is 18.9 Å². The summed E-state index contributed by atoms with van der Waals surface area (Å²) in [5.74, 6) is -4.97. The number of rotatable bonds is 7. The van der Waals surface area contributed by atoms with Crippen LogP contribution < -0.4 is 4.74 Å². The molecule has 4 aliphatic heterocycles. The normalized spacial score (nSPS) is 38.4. The molecule has 5 heterocycles. The highest BCUT2D eigenvalue weighted by atomic mass is 16.7. The molecule has 6 aliphatic rings. The molecule has 11 atom stereocenters. The fourth-order valence-electron chi connectivity index (χ4n) is 13.7. The highest BCUT2D eigenvalue weighted by Gasteiger charge is 2.79. The third-order valence-corrected chi connectivity index (χ3v) is 15.6. The summed E-state index contributed by atoms with van der Waals surface area (Å²) >= 11 is 0. The molecule has 3 aromatic rings. The summed E-state index contributed by atoms with van der Waals surface area (Å²) in [4.78, 5) is 50.0. The number of aromatic amines is 1. The Morgan fingerprint density at radius 1 is 1.00 bits per heavy atom. The van der Waals surface area contributed by atoms with Crippen molar-refractivity contribution in [3.63, 3.8) is 0 Å². The van der Waals surface area contributed by atoms with Gasteiger partial charge in [-0.25, -0.2) is 0 Å². The molecule has 2 saturated heterocycles. The van der Waals surface area contributed by atoms with Crippen molar-refractivity contribution in [2.24, 2.45) is 17.3 Å². The fourth-order valence-corrected chi connectivity index (χ4v) is 13.7. The molecule has 3 N–H and O–H groups in total. The number of hydrogen-bond donors (Lipinski definition) is 3. The largest absolute Gasteiger partial charge is 0.496 e. The summed E-state index contributed by atoms with van der Waals surface area (Å²) in [7, 11) is 3.05. The Bertz CT molecular complexity index is 2240. The zero-order valence-corrected chi connectivity index (χ0v) is 34.7. The first-order valence-corrected chi connectivity index (χ1v) is 21.1. The number of H-pyrrole nitrogens is 1. The summed E-state index contributed by atoms with van der Waals surface area (Å²) in [6, 6.07) is 12.0. The Balaban J connectivity index is 1.38. The maximum atomic E-state index is 15.4. The van der Waals surface area contributed by atoms with Crippen LogP contribution >= 0.6 is 0 Å². The summed E-state index contributed by atoms with van der Waals surface area (Å²) in [6.45, 7) is 11.8. The van der Waals surface area contributed by atoms with E-state index in [0.29, 0.717) is 69.6 Å². The Kier molecular flexibility index (Phi) is 9.06. The van der Waals surface area contributed by atoms with Crippen LogP contribution in [0.4, 0.5) is 0 Å². The summed E-state index contributed by atoms with van der Waals surface area (Å²) in [5.41, 5.74) is 0.926. The number of aromatic nitrogens is 1. The highest BCUT2D eigenvalue weighted by molar-refractivity contribution is 5.94. The molecular weight excluding hydrogens is 739 g/mol. The number of esters is 3. The molecular formula is C46H57N3O9. The van der Waals surface area contributed by atoms with Gasteiger partial charge in [-0.15, -0.1) is 0 Å². The summed E-state index contributed by atoms with van der Waals surface area (Å²) in [6.07, 6.45) is 5.60. The quantitative estimate of drug-likeness (QED) is 0.130. The van der Waals surface area contributed by atoms with Crippen LogP contribution in [0.3, 0.4) is 0 Å². The smallest absolute Gasteiger partial charge is 0.322 e. The predicted octanol–water partition coefficient (Wildman–Crippen LogP) is 4.86. The van der Waals surface area contributed by atoms with E-state index in [9.17, 15) is 19.8 Å². The van der Waals surface area contributed by atoms with E-state index in [-0.39, 0.29) is 6.04 Å². The molecule has 310 valence electrons. The fraction of sp³-hybridized carbons (Fsp3) is 0.587. The van der Waals surface area contributed by atoms with Gasteiger partial charge in [-0.05, 0) is 79.5 Å². The van der Waals surface area contributed by atoms with Crippen molar-refractivity contribution in [3.05, 3.63) is 76.5 Å². The number of methoxy groups -OCH3 is 2. The molecule has 2 aliphatic carbocycles. The van der Waals surface area contributed by atoms with E-state index in [1.807, 2.05) is 45.0 Å². The Morgan fingerprint density at radius 2 is 1.78 bits per heavy atom. The molecule has 58 heavy (non-hydrogen) atoms. The molecule has 1 spiro atoms. The van der Waals surface area contributed by atoms with E-state index in [0.717, 1.165) is 39.8 Å². The van der Waals surface area contributed by atoms with Gasteiger partial charge in [0, 0.05) is 90.9 Å². The molecule has 0 amide bonds. The third-order valence-electron chi connectivity index (χ3n) is 15.6. The summed E-state index contributed by atoms with van der Waals surface area (Å²) in [5, 5.41) is 26.6. The molecule has 12 heteroatoms. The van der Waals surface area contributed by atoms with Gasteiger partial charge in [0.2, 0.25) is 0 Å². The van der Waals surface area contributed by atoms with Crippen molar-refractivity contribution in [2.45, 2.75) is 107 Å². The third kappa shape index (κ3) is 4.98. The number of carbonyl (C=O) groups is 3. The Hall–Kier alpha value is -4.23. The van der Waals surface area contributed by atoms with Crippen LogP contribution in [-0.2, 0) is 45.8 Å². The molecule has 3 fully saturated rings. The number of carbonyl (C=O) groups excluding carboxylic acids is 3. The SMILES string of the molecule is CC[C@]1(O)C[C@H]2CN(CCc3c([nH]c4ccccc34)[C@@]2(C(=O)OC)c2cc3c(cc2OC)C(C)C2[C@]34CCN3CC=C[C@@](CC)([C@@H](OC(C)=O)[C@]2(O)OC(C)=O)[C@H]34)C1. The number of piperidine rings is 1. The van der Waals surface area contributed by atoms with Crippen molar-refractivity contribution in [2.75, 3.05) is 46.9 Å². The zero-order valence-electron chi connectivity index (χ0n) is 34.7. The Labute approximate surface area is 339 Å². The van der Waals surface area contributed by atoms with Crippen molar-refractivity contribution in [1.29, 1.82) is 0 Å². The highest BCUT2D eigenvalue weighted by Crippen LogP contribution is 2.71. The number of nitrogens with zero attached hydrogens (tertiary/aromatic N) is 2. The summed E-state index contributed by atoms with van der Waals surface area (Å²) < 4.78 is 24.7. The lowest BCUT2D eigenvalue weighted by atomic mass is 9.48. The number of aliphatic hydroxyl groups is 2. The van der Waals surface area contributed by atoms with Gasteiger partial charge in [0.15, 0.2) is 6.10 Å². The molecule has 0 radical (unpaired) electrons. The van der Waals surface area contributed by atoms with Gasteiger partial charge >= 0.3 is 17.9 Å². The lowest BCUT2D eigenvalue weighted by molar-refractivity contribution is -0.329. The molecule has 1 saturated carbocycles. The average molecular weight is 796 g/mol. The van der Waals surface area contributed by atoms with Gasteiger partial charge in [0.05, 0.1) is 19.8 Å². The Morgan fingerprint density at radius 3 is 2.47 bits per heavy atom. The van der Waals surface area contributed by atoms with Crippen LogP contribution in [-0.4, -0.2) is 113 Å². The maximum Gasteiger partial charge on any atom is 0.322 e. The first-order valence-electron chi connectivity index (χ1n) is 21.1. The second-order valence-corrected chi connectivity index (χ2v) is 18.1. The van der Waals surface area contributed by atoms with E-state index in [2.05, 4.69) is 39.1 Å². The van der Waals surface area contributed by atoms with Crippen molar-refractivity contribution >= 4 is 28.8 Å². The average Bonchev–Trinajstić information content (AvgIpc) is 3.85. The van der Waals surface area contributed by atoms with Crippen LogP contribution in [0.2, 0.25) is 0 Å². The maximum absolute atomic E-state index is 15.4. The standard InChI is InChI=1S/C46H57N3O9/c1-8-42(53)23-29-24-48(25-42)19-15-31-30-13-10-11-14-35(30)47-38(31)45(29,41(52)56-7)34-22-33-32(21-36(34)55-6)26(3)37-44(33)17-20-49-18-12-16-43(9-2,39(44)49)40(57-27(4)50)46(37,54)58-28(5)51/h10-14,16,21-22,26,29,37,39-40,47,53-54H,8-9,15,17-20,23-25H2,1-7H3/t26?,29-,37?,39-,40+,42-,43+,44-,45-,46+/m0/s1. The number of nitrogens with one attached hydrogen (secondary N) is 1. The number of benzene rings is 2. The van der Waals surface area contributed by atoms with Gasteiger partial charge in [-0.3, -0.25) is 24.2 Å². The molecule has 1 aromatic heterocycles. The van der Waals surface area contributed by atoms with E-state index < -0.39 is 69.4 Å². The van der Waals surface area contributed by atoms with Gasteiger partial charge < -0.3 is 34.1 Å². The van der Waals surface area contributed by atoms with E-state index in [1.54, 1.807) is 7.11 Å². The first-order chi connectivity index (χ1) is 27.7. The molecule has 2 aromatic carbocycles. The van der Waals surface area contributed by atoms with Crippen molar-refractivity contribution in [3.8, 4) is 5.75 Å². The van der Waals surface area contributed by atoms with Gasteiger partial charge in [0.1, 0.15) is 11.2 Å². The molecule has 2 bridgehead atoms. The number of para-hydroxylation sites is 1. The van der Waals surface area contributed by atoms with Gasteiger partial charge in [-0.2, -0.15) is 0 Å². The number of hydrogen-bond acceptors (Lipinski definition) is 11. The predicted molar refractivity (Wildman–Crippen MR) is 215 cm³/mol. The second-order valence-electron chi connectivity index (χ2n) is 18.1. The first kappa shape index (κ1) is 39.2. The zero-order chi connectivity index (χ0) is 41.2. The topological polar surface area (TPSA) is 151 Å². The van der Waals surface area contributed by atoms with Crippen molar-refractivity contribution < 1.29 is 43.5 Å². The molecule has 9 rings (SSSR count). The van der Waals surface area contributed by atoms with Crippen LogP contribution in [0.25, 0.3) is 10.9 Å². The molecule has 3 unspecified atom stereocenters. The van der Waals surface area contributed by atoms with E-state index in [1.165, 1.54) is 21.0 Å². The lowest BCUT2D eigenvalue weighted by Gasteiger charge is -2.63. The minimum absolute atomic E-state index is 0.254. The molecule has 12 nitrogen and oxygen atoms in total. The van der Waals surface area contributed by atoms with Gasteiger partial charge in [-0.1, -0.05) is 51.1 Å². The van der Waals surface area contributed by atoms with Crippen LogP contribution in [0.1, 0.15) is 94.2 Å². The minimum Gasteiger partial charge on any atom is -0.496 e.